The second-order valence-electron chi connectivity index (χ2n) is 6.05. The lowest BCUT2D eigenvalue weighted by atomic mass is 9.97. The van der Waals surface area contributed by atoms with Crippen LogP contribution < -0.4 is 4.74 Å². The second-order valence-corrected chi connectivity index (χ2v) is 7.54. The van der Waals surface area contributed by atoms with Crippen LogP contribution in [0, 0.1) is 0 Å². The van der Waals surface area contributed by atoms with Crippen LogP contribution in [-0.4, -0.2) is 18.0 Å². The van der Waals surface area contributed by atoms with Gasteiger partial charge in [0.05, 0.1) is 7.11 Å². The van der Waals surface area contributed by atoms with Gasteiger partial charge in [-0.25, -0.2) is 0 Å². The molecular formula is C22H15ClO3S. The van der Waals surface area contributed by atoms with E-state index in [0.717, 1.165) is 26.3 Å². The predicted molar refractivity (Wildman–Crippen MR) is 110 cm³/mol. The Balaban J connectivity index is 1.95. The van der Waals surface area contributed by atoms with Gasteiger partial charge in [-0.3, -0.25) is 4.79 Å². The van der Waals surface area contributed by atoms with Crippen molar-refractivity contribution in [2.24, 2.45) is 0 Å². The number of rotatable bonds is 4. The molecule has 0 aliphatic rings. The molecule has 27 heavy (non-hydrogen) atoms. The summed E-state index contributed by atoms with van der Waals surface area (Å²) in [5.74, 6) is 0.788. The number of methoxy groups -OCH3 is 1. The first-order valence-corrected chi connectivity index (χ1v) is 9.46. The van der Waals surface area contributed by atoms with Crippen molar-refractivity contribution in [2.75, 3.05) is 7.11 Å². The van der Waals surface area contributed by atoms with Crippen LogP contribution >= 0.6 is 22.9 Å². The van der Waals surface area contributed by atoms with Gasteiger partial charge in [-0.15, -0.1) is 11.3 Å². The summed E-state index contributed by atoms with van der Waals surface area (Å²) in [4.78, 5) is 14.2. The van der Waals surface area contributed by atoms with Gasteiger partial charge in [0.1, 0.15) is 11.5 Å². The number of carbonyl (C=O) groups is 1. The molecular weight excluding hydrogens is 380 g/mol. The van der Waals surface area contributed by atoms with E-state index in [1.165, 1.54) is 12.1 Å². The van der Waals surface area contributed by atoms with Gasteiger partial charge in [0, 0.05) is 31.1 Å². The minimum atomic E-state index is -0.0867. The Morgan fingerprint density at radius 3 is 2.37 bits per heavy atom. The Kier molecular flexibility index (Phi) is 4.60. The minimum Gasteiger partial charge on any atom is -0.508 e. The summed E-state index contributed by atoms with van der Waals surface area (Å²) in [5, 5.41) is 11.0. The van der Waals surface area contributed by atoms with Crippen LogP contribution in [0.5, 0.6) is 11.5 Å². The van der Waals surface area contributed by atoms with E-state index in [1.54, 1.807) is 30.6 Å². The third-order valence-corrected chi connectivity index (χ3v) is 5.81. The Hall–Kier alpha value is -2.82. The van der Waals surface area contributed by atoms with Gasteiger partial charge in [-0.2, -0.15) is 0 Å². The number of carbonyl (C=O) groups excluding carboxylic acids is 1. The molecule has 0 atom stereocenters. The van der Waals surface area contributed by atoms with E-state index >= 15 is 0 Å². The number of hydrogen-bond acceptors (Lipinski definition) is 4. The average molecular weight is 395 g/mol. The predicted octanol–water partition coefficient (Wildman–Crippen LogP) is 6.17. The van der Waals surface area contributed by atoms with Crippen LogP contribution in [0.4, 0.5) is 0 Å². The van der Waals surface area contributed by atoms with Crippen molar-refractivity contribution in [1.29, 1.82) is 0 Å². The van der Waals surface area contributed by atoms with Crippen molar-refractivity contribution in [1.82, 2.24) is 0 Å². The molecule has 0 fully saturated rings. The Morgan fingerprint density at radius 1 is 1.00 bits per heavy atom. The number of aromatic hydroxyl groups is 1. The van der Waals surface area contributed by atoms with E-state index in [4.69, 9.17) is 16.3 Å². The summed E-state index contributed by atoms with van der Waals surface area (Å²) in [6, 6.07) is 19.5. The Labute approximate surface area is 165 Å². The van der Waals surface area contributed by atoms with Gasteiger partial charge in [0.25, 0.3) is 0 Å². The molecule has 4 aromatic rings. The van der Waals surface area contributed by atoms with Gasteiger partial charge in [-0.05, 0) is 60.2 Å². The highest BCUT2D eigenvalue weighted by molar-refractivity contribution is 7.22. The Bertz CT molecular complexity index is 1130. The molecule has 5 heteroatoms. The van der Waals surface area contributed by atoms with Crippen LogP contribution in [0.2, 0.25) is 5.02 Å². The number of halogens is 1. The number of thiophene rings is 1. The highest BCUT2D eigenvalue weighted by Crippen LogP contribution is 2.41. The molecule has 1 heterocycles. The molecule has 1 N–H and O–H groups in total. The summed E-state index contributed by atoms with van der Waals surface area (Å²) in [5.41, 5.74) is 2.10. The molecule has 0 aliphatic heterocycles. The highest BCUT2D eigenvalue weighted by Gasteiger charge is 2.22. The largest absolute Gasteiger partial charge is 0.508 e. The summed E-state index contributed by atoms with van der Waals surface area (Å²) in [7, 11) is 1.62. The van der Waals surface area contributed by atoms with Gasteiger partial charge < -0.3 is 9.84 Å². The van der Waals surface area contributed by atoms with E-state index in [0.29, 0.717) is 16.1 Å². The summed E-state index contributed by atoms with van der Waals surface area (Å²) < 4.78 is 6.30. The molecule has 4 rings (SSSR count). The van der Waals surface area contributed by atoms with E-state index in [1.807, 2.05) is 42.5 Å². The maximum atomic E-state index is 13.3. The lowest BCUT2D eigenvalue weighted by Crippen LogP contribution is -2.01. The fourth-order valence-electron chi connectivity index (χ4n) is 2.99. The number of benzene rings is 3. The van der Waals surface area contributed by atoms with Crippen molar-refractivity contribution < 1.29 is 14.6 Å². The van der Waals surface area contributed by atoms with Gasteiger partial charge >= 0.3 is 0 Å². The average Bonchev–Trinajstić information content (AvgIpc) is 3.07. The molecule has 3 nitrogen and oxygen atoms in total. The maximum absolute atomic E-state index is 13.3. The minimum absolute atomic E-state index is 0.0867. The first kappa shape index (κ1) is 17.6. The zero-order valence-electron chi connectivity index (χ0n) is 14.4. The summed E-state index contributed by atoms with van der Waals surface area (Å²) in [6.45, 7) is 0. The molecule has 0 radical (unpaired) electrons. The molecule has 0 aliphatic carbocycles. The maximum Gasteiger partial charge on any atom is 0.195 e. The molecule has 0 saturated heterocycles. The lowest BCUT2D eigenvalue weighted by molar-refractivity contribution is 0.104. The molecule has 0 amide bonds. The van der Waals surface area contributed by atoms with Crippen molar-refractivity contribution in [3.63, 3.8) is 0 Å². The number of phenols is 1. The van der Waals surface area contributed by atoms with E-state index in [2.05, 4.69) is 0 Å². The monoisotopic (exact) mass is 394 g/mol. The van der Waals surface area contributed by atoms with Gasteiger partial charge in [0.15, 0.2) is 5.78 Å². The third kappa shape index (κ3) is 3.29. The van der Waals surface area contributed by atoms with Crippen LogP contribution in [0.3, 0.4) is 0 Å². The summed E-state index contributed by atoms with van der Waals surface area (Å²) >= 11 is 7.57. The van der Waals surface area contributed by atoms with Crippen molar-refractivity contribution in [2.45, 2.75) is 0 Å². The first-order valence-electron chi connectivity index (χ1n) is 8.27. The molecule has 134 valence electrons. The quantitative estimate of drug-likeness (QED) is 0.421. The van der Waals surface area contributed by atoms with Crippen LogP contribution in [0.1, 0.15) is 15.9 Å². The van der Waals surface area contributed by atoms with E-state index < -0.39 is 0 Å². The molecule has 0 saturated carbocycles. The molecule has 3 aromatic carbocycles. The van der Waals surface area contributed by atoms with Crippen molar-refractivity contribution >= 4 is 38.8 Å². The van der Waals surface area contributed by atoms with E-state index in [9.17, 15) is 9.90 Å². The van der Waals surface area contributed by atoms with Crippen LogP contribution in [0.15, 0.2) is 66.7 Å². The smallest absolute Gasteiger partial charge is 0.195 e. The van der Waals surface area contributed by atoms with Crippen molar-refractivity contribution in [3.05, 3.63) is 82.9 Å². The first-order chi connectivity index (χ1) is 13.1. The number of phenolic OH excluding ortho intramolecular Hbond substituents is 1. The standard InChI is InChI=1S/C22H15ClO3S/c1-26-17-10-11-18-19(12-17)27-22(14-2-6-15(23)7-3-14)20(18)21(25)13-4-8-16(24)9-5-13/h2-12,24H,1H3. The number of ketones is 1. The number of hydrogen-bond donors (Lipinski definition) is 1. The number of ether oxygens (including phenoxy) is 1. The summed E-state index contributed by atoms with van der Waals surface area (Å²) in [6.07, 6.45) is 0. The van der Waals surface area contributed by atoms with Gasteiger partial charge in [0.2, 0.25) is 0 Å². The SMILES string of the molecule is COc1ccc2c(C(=O)c3ccc(O)cc3)c(-c3ccc(Cl)cc3)sc2c1. The van der Waals surface area contributed by atoms with Gasteiger partial charge in [-0.1, -0.05) is 23.7 Å². The Morgan fingerprint density at radius 2 is 1.70 bits per heavy atom. The normalized spacial score (nSPS) is 10.9. The van der Waals surface area contributed by atoms with Crippen LogP contribution in [-0.2, 0) is 0 Å². The fourth-order valence-corrected chi connectivity index (χ4v) is 4.35. The molecule has 0 spiro atoms. The van der Waals surface area contributed by atoms with Crippen LogP contribution in [0.25, 0.3) is 20.5 Å². The van der Waals surface area contributed by atoms with Crippen molar-refractivity contribution in [3.8, 4) is 21.9 Å². The lowest BCUT2D eigenvalue weighted by Gasteiger charge is -2.06. The highest BCUT2D eigenvalue weighted by atomic mass is 35.5. The van der Waals surface area contributed by atoms with E-state index in [-0.39, 0.29) is 11.5 Å². The zero-order valence-corrected chi connectivity index (χ0v) is 16.0. The zero-order chi connectivity index (χ0) is 19.0. The topological polar surface area (TPSA) is 46.5 Å². The molecule has 0 unspecified atom stereocenters. The number of fused-ring (bicyclic) bond motifs is 1. The third-order valence-electron chi connectivity index (χ3n) is 4.36. The fraction of sp³-hybridized carbons (Fsp3) is 0.0455. The second kappa shape index (κ2) is 7.06. The molecule has 1 aromatic heterocycles. The molecule has 0 bridgehead atoms.